The highest BCUT2D eigenvalue weighted by Gasteiger charge is 2.08. The molecule has 0 unspecified atom stereocenters. The molecule has 0 fully saturated rings. The van der Waals surface area contributed by atoms with Crippen molar-refractivity contribution in [2.45, 2.75) is 13.5 Å². The van der Waals surface area contributed by atoms with E-state index >= 15 is 0 Å². The average molecular weight is 311 g/mol. The number of aryl methyl sites for hydroxylation is 1. The van der Waals surface area contributed by atoms with Gasteiger partial charge in [-0.05, 0) is 46.6 Å². The van der Waals surface area contributed by atoms with Crippen molar-refractivity contribution in [2.24, 2.45) is 0 Å². The second kappa shape index (κ2) is 5.22. The highest BCUT2D eigenvalue weighted by Crippen LogP contribution is 2.22. The van der Waals surface area contributed by atoms with Crippen LogP contribution in [0.4, 0.5) is 11.4 Å². The van der Waals surface area contributed by atoms with E-state index in [1.54, 1.807) is 12.1 Å². The van der Waals surface area contributed by atoms with Gasteiger partial charge in [-0.15, -0.1) is 0 Å². The van der Waals surface area contributed by atoms with E-state index in [1.165, 1.54) is 6.07 Å². The molecular formula is C12H11BrN2O3. The predicted molar refractivity (Wildman–Crippen MR) is 71.6 cm³/mol. The number of hydrogen-bond donors (Lipinski definition) is 1. The molecule has 0 aliphatic carbocycles. The molecule has 6 heteroatoms. The van der Waals surface area contributed by atoms with Gasteiger partial charge in [-0.3, -0.25) is 10.1 Å². The molecule has 2 aromatic rings. The first kappa shape index (κ1) is 12.6. The van der Waals surface area contributed by atoms with E-state index in [0.717, 1.165) is 17.0 Å². The molecular weight excluding hydrogens is 300 g/mol. The fourth-order valence-electron chi connectivity index (χ4n) is 1.59. The number of benzene rings is 1. The third-order valence-corrected chi connectivity index (χ3v) is 2.93. The molecule has 0 amide bonds. The first-order chi connectivity index (χ1) is 8.56. The average Bonchev–Trinajstić information content (AvgIpc) is 2.73. The summed E-state index contributed by atoms with van der Waals surface area (Å²) in [7, 11) is 0. The van der Waals surface area contributed by atoms with Gasteiger partial charge < -0.3 is 9.73 Å². The van der Waals surface area contributed by atoms with Crippen LogP contribution in [0.2, 0.25) is 0 Å². The molecule has 0 spiro atoms. The number of anilines is 1. The molecule has 18 heavy (non-hydrogen) atoms. The van der Waals surface area contributed by atoms with Crippen LogP contribution in [0.3, 0.4) is 0 Å². The second-order valence-corrected chi connectivity index (χ2v) is 4.60. The minimum atomic E-state index is -0.402. The van der Waals surface area contributed by atoms with Gasteiger partial charge in [-0.2, -0.15) is 0 Å². The van der Waals surface area contributed by atoms with Crippen LogP contribution in [0.1, 0.15) is 11.3 Å². The van der Waals surface area contributed by atoms with Crippen molar-refractivity contribution in [2.75, 3.05) is 5.32 Å². The van der Waals surface area contributed by atoms with Crippen LogP contribution in [-0.2, 0) is 6.54 Å². The molecule has 1 aromatic heterocycles. The zero-order chi connectivity index (χ0) is 13.1. The molecule has 2 rings (SSSR count). The summed E-state index contributed by atoms with van der Waals surface area (Å²) in [5.41, 5.74) is 1.78. The number of furan rings is 1. The van der Waals surface area contributed by atoms with Gasteiger partial charge in [0.15, 0.2) is 4.67 Å². The van der Waals surface area contributed by atoms with E-state index in [4.69, 9.17) is 4.42 Å². The molecule has 0 aliphatic rings. The number of rotatable bonds is 4. The Bertz CT molecular complexity index is 580. The Balaban J connectivity index is 2.08. The van der Waals surface area contributed by atoms with E-state index in [9.17, 15) is 10.1 Å². The van der Waals surface area contributed by atoms with Gasteiger partial charge in [0.25, 0.3) is 5.69 Å². The van der Waals surface area contributed by atoms with Crippen molar-refractivity contribution < 1.29 is 9.34 Å². The highest BCUT2D eigenvalue weighted by molar-refractivity contribution is 9.10. The number of non-ortho nitro benzene ring substituents is 1. The van der Waals surface area contributed by atoms with E-state index in [0.29, 0.717) is 11.2 Å². The molecule has 0 aliphatic heterocycles. The lowest BCUT2D eigenvalue weighted by Gasteiger charge is -2.07. The summed E-state index contributed by atoms with van der Waals surface area (Å²) < 4.78 is 6.03. The Hall–Kier alpha value is -1.82. The summed E-state index contributed by atoms with van der Waals surface area (Å²) in [5.74, 6) is 0.791. The van der Waals surface area contributed by atoms with Crippen molar-refractivity contribution >= 4 is 27.3 Å². The standard InChI is InChI=1S/C12H11BrN2O3/c1-8-6-9(15(16)17)2-4-11(8)14-7-10-3-5-12(13)18-10/h2-6,14H,7H2,1H3. The molecule has 0 radical (unpaired) electrons. The first-order valence-corrected chi connectivity index (χ1v) is 6.08. The van der Waals surface area contributed by atoms with E-state index in [-0.39, 0.29) is 5.69 Å². The fraction of sp³-hybridized carbons (Fsp3) is 0.167. The van der Waals surface area contributed by atoms with E-state index in [1.807, 2.05) is 19.1 Å². The van der Waals surface area contributed by atoms with Crippen LogP contribution in [-0.4, -0.2) is 4.92 Å². The van der Waals surface area contributed by atoms with E-state index < -0.39 is 4.92 Å². The van der Waals surface area contributed by atoms with Gasteiger partial charge in [-0.1, -0.05) is 0 Å². The predicted octanol–water partition coefficient (Wildman–Crippen LogP) is 3.87. The maximum atomic E-state index is 10.6. The Morgan fingerprint density at radius 3 is 2.72 bits per heavy atom. The summed E-state index contributed by atoms with van der Waals surface area (Å²) in [4.78, 5) is 10.2. The summed E-state index contributed by atoms with van der Waals surface area (Å²) >= 11 is 3.23. The second-order valence-electron chi connectivity index (χ2n) is 3.82. The van der Waals surface area contributed by atoms with Crippen LogP contribution in [0, 0.1) is 17.0 Å². The van der Waals surface area contributed by atoms with E-state index in [2.05, 4.69) is 21.2 Å². The molecule has 5 nitrogen and oxygen atoms in total. The maximum absolute atomic E-state index is 10.6. The number of nitro benzene ring substituents is 1. The van der Waals surface area contributed by atoms with Crippen LogP contribution < -0.4 is 5.32 Å². The smallest absolute Gasteiger partial charge is 0.269 e. The first-order valence-electron chi connectivity index (χ1n) is 5.29. The number of nitrogens with one attached hydrogen (secondary N) is 1. The third-order valence-electron chi connectivity index (χ3n) is 2.50. The maximum Gasteiger partial charge on any atom is 0.269 e. The Kier molecular flexibility index (Phi) is 3.66. The molecule has 0 saturated carbocycles. The fourth-order valence-corrected chi connectivity index (χ4v) is 1.93. The normalized spacial score (nSPS) is 10.3. The van der Waals surface area contributed by atoms with Crippen molar-refractivity contribution in [1.82, 2.24) is 0 Å². The Labute approximate surface area is 112 Å². The van der Waals surface area contributed by atoms with Crippen molar-refractivity contribution in [1.29, 1.82) is 0 Å². The third kappa shape index (κ3) is 2.89. The zero-order valence-electron chi connectivity index (χ0n) is 9.64. The molecule has 1 aromatic carbocycles. The summed E-state index contributed by atoms with van der Waals surface area (Å²) in [6.45, 7) is 2.36. The van der Waals surface area contributed by atoms with Gasteiger partial charge in [0.1, 0.15) is 5.76 Å². The lowest BCUT2D eigenvalue weighted by atomic mass is 10.2. The van der Waals surface area contributed by atoms with Gasteiger partial charge in [-0.25, -0.2) is 0 Å². The highest BCUT2D eigenvalue weighted by atomic mass is 79.9. The molecule has 1 heterocycles. The van der Waals surface area contributed by atoms with Crippen LogP contribution in [0.25, 0.3) is 0 Å². The minimum Gasteiger partial charge on any atom is -0.452 e. The molecule has 1 N–H and O–H groups in total. The summed E-state index contributed by atoms with van der Waals surface area (Å²) in [6.07, 6.45) is 0. The van der Waals surface area contributed by atoms with Gasteiger partial charge >= 0.3 is 0 Å². The molecule has 0 bridgehead atoms. The lowest BCUT2D eigenvalue weighted by molar-refractivity contribution is -0.384. The van der Waals surface area contributed by atoms with Crippen LogP contribution in [0.5, 0.6) is 0 Å². The number of hydrogen-bond acceptors (Lipinski definition) is 4. The number of nitro groups is 1. The van der Waals surface area contributed by atoms with Gasteiger partial charge in [0.05, 0.1) is 11.5 Å². The minimum absolute atomic E-state index is 0.0961. The van der Waals surface area contributed by atoms with Gasteiger partial charge in [0.2, 0.25) is 0 Å². The summed E-state index contributed by atoms with van der Waals surface area (Å²) in [5, 5.41) is 13.8. The van der Waals surface area contributed by atoms with Crippen LogP contribution >= 0.6 is 15.9 Å². The molecule has 0 atom stereocenters. The quantitative estimate of drug-likeness (QED) is 0.687. The van der Waals surface area contributed by atoms with Crippen molar-refractivity contribution in [3.63, 3.8) is 0 Å². The Morgan fingerprint density at radius 2 is 2.17 bits per heavy atom. The topological polar surface area (TPSA) is 68.3 Å². The number of nitrogens with zero attached hydrogens (tertiary/aromatic N) is 1. The monoisotopic (exact) mass is 310 g/mol. The molecule has 0 saturated heterocycles. The molecule has 94 valence electrons. The van der Waals surface area contributed by atoms with Gasteiger partial charge in [0, 0.05) is 17.8 Å². The SMILES string of the molecule is Cc1cc([N+](=O)[O-])ccc1NCc1ccc(Br)o1. The van der Waals surface area contributed by atoms with Crippen LogP contribution in [0.15, 0.2) is 39.4 Å². The lowest BCUT2D eigenvalue weighted by Crippen LogP contribution is -2.00. The largest absolute Gasteiger partial charge is 0.452 e. The summed E-state index contributed by atoms with van der Waals surface area (Å²) in [6, 6.07) is 8.40. The Morgan fingerprint density at radius 1 is 1.39 bits per heavy atom. The zero-order valence-corrected chi connectivity index (χ0v) is 11.2. The van der Waals surface area contributed by atoms with Crippen molar-refractivity contribution in [3.05, 3.63) is 56.4 Å². The van der Waals surface area contributed by atoms with Crippen molar-refractivity contribution in [3.8, 4) is 0 Å². The number of halogens is 1.